The van der Waals surface area contributed by atoms with Crippen molar-refractivity contribution in [2.45, 2.75) is 18.9 Å². The molecule has 1 amide bonds. The normalized spacial score (nSPS) is 15.7. The fourth-order valence-corrected chi connectivity index (χ4v) is 4.89. The van der Waals surface area contributed by atoms with E-state index in [2.05, 4.69) is 15.3 Å². The fraction of sp³-hybridized carbons (Fsp3) is 0.240. The number of fused-ring (bicyclic) bond motifs is 1. The van der Waals surface area contributed by atoms with Crippen molar-refractivity contribution in [3.05, 3.63) is 69.8 Å². The highest BCUT2D eigenvalue weighted by Crippen LogP contribution is 2.34. The maximum atomic E-state index is 14.2. The van der Waals surface area contributed by atoms with Crippen LogP contribution in [0.25, 0.3) is 10.9 Å². The molecule has 1 saturated heterocycles. The van der Waals surface area contributed by atoms with Gasteiger partial charge >= 0.3 is 0 Å². The summed E-state index contributed by atoms with van der Waals surface area (Å²) < 4.78 is 26.1. The molecule has 0 bridgehead atoms. The zero-order chi connectivity index (χ0) is 24.4. The Hall–Kier alpha value is -3.43. The molecule has 4 aromatic rings. The third kappa shape index (κ3) is 5.01. The Kier molecular flexibility index (Phi) is 6.70. The van der Waals surface area contributed by atoms with Crippen molar-refractivity contribution in [1.82, 2.24) is 14.9 Å². The van der Waals surface area contributed by atoms with Gasteiger partial charge in [0.1, 0.15) is 6.10 Å². The summed E-state index contributed by atoms with van der Waals surface area (Å²) in [4.78, 5) is 24.1. The van der Waals surface area contributed by atoms with Crippen LogP contribution in [-0.2, 0) is 0 Å². The van der Waals surface area contributed by atoms with Crippen LogP contribution in [0.15, 0.2) is 54.0 Å². The number of carbonyl (C=O) groups excluding carboxylic acids is 1. The Morgan fingerprint density at radius 1 is 1.26 bits per heavy atom. The van der Waals surface area contributed by atoms with Gasteiger partial charge in [-0.05, 0) is 42.5 Å². The Labute approximate surface area is 210 Å². The minimum atomic E-state index is -0.571. The van der Waals surface area contributed by atoms with Crippen LogP contribution in [0.2, 0.25) is 5.02 Å². The second kappa shape index (κ2) is 10.1. The molecule has 10 heteroatoms. The number of ether oxygens (including phenoxy) is 2. The topological polar surface area (TPSA) is 76.6 Å². The lowest BCUT2D eigenvalue weighted by Crippen LogP contribution is -2.44. The van der Waals surface area contributed by atoms with Crippen molar-refractivity contribution in [3.8, 4) is 11.5 Å². The zero-order valence-electron chi connectivity index (χ0n) is 18.8. The first kappa shape index (κ1) is 23.3. The van der Waals surface area contributed by atoms with Gasteiger partial charge in [0.05, 0.1) is 34.8 Å². The quantitative estimate of drug-likeness (QED) is 0.345. The minimum Gasteiger partial charge on any atom is -0.493 e. The smallest absolute Gasteiger partial charge is 0.264 e. The van der Waals surface area contributed by atoms with Crippen LogP contribution in [0.3, 0.4) is 0 Å². The van der Waals surface area contributed by atoms with E-state index in [1.54, 1.807) is 31.5 Å². The number of nitrogens with one attached hydrogen (secondary N) is 1. The molecular weight excluding hydrogens is 491 g/mol. The number of aromatic nitrogens is 2. The number of carbonyl (C=O) groups is 1. The third-order valence-corrected chi connectivity index (χ3v) is 6.90. The predicted molar refractivity (Wildman–Crippen MR) is 135 cm³/mol. The Morgan fingerprint density at radius 3 is 2.94 bits per heavy atom. The molecule has 35 heavy (non-hydrogen) atoms. The number of methoxy groups -OCH3 is 1. The largest absolute Gasteiger partial charge is 0.493 e. The van der Waals surface area contributed by atoms with Gasteiger partial charge in [-0.3, -0.25) is 4.79 Å². The zero-order valence-corrected chi connectivity index (χ0v) is 20.4. The standard InChI is InChI=1S/C25H22ClFN4O3S/c1-33-20-12-19-15(13-28-25(30-19)29-18-7-2-6-17(26)23(18)27)11-21(20)34-16-5-3-9-31(14-16)24(32)22-8-4-10-35-22/h2,4,6-8,10-13,16H,3,5,9,14H2,1H3,(H,28,29,30)/t16-/m1/s1. The van der Waals surface area contributed by atoms with E-state index in [0.717, 1.165) is 23.1 Å². The maximum absolute atomic E-state index is 14.2. The number of hydrogen-bond donors (Lipinski definition) is 1. The van der Waals surface area contributed by atoms with Crippen LogP contribution in [-0.4, -0.2) is 47.1 Å². The van der Waals surface area contributed by atoms with Crippen LogP contribution in [0, 0.1) is 5.82 Å². The van der Waals surface area contributed by atoms with E-state index >= 15 is 0 Å². The molecule has 0 aliphatic carbocycles. The highest BCUT2D eigenvalue weighted by Gasteiger charge is 2.27. The van der Waals surface area contributed by atoms with Gasteiger partial charge in [0.25, 0.3) is 5.91 Å². The number of anilines is 2. The van der Waals surface area contributed by atoms with Gasteiger partial charge in [-0.1, -0.05) is 23.7 Å². The number of amides is 1. The van der Waals surface area contributed by atoms with Gasteiger partial charge < -0.3 is 19.7 Å². The minimum absolute atomic E-state index is 0.0117. The monoisotopic (exact) mass is 512 g/mol. The number of likely N-dealkylation sites (tertiary alicyclic amines) is 1. The van der Waals surface area contributed by atoms with Gasteiger partial charge in [0.2, 0.25) is 5.95 Å². The van der Waals surface area contributed by atoms with Crippen molar-refractivity contribution < 1.29 is 18.7 Å². The molecule has 7 nitrogen and oxygen atoms in total. The molecule has 2 aromatic carbocycles. The number of hydrogen-bond acceptors (Lipinski definition) is 7. The first-order valence-electron chi connectivity index (χ1n) is 11.1. The molecule has 1 N–H and O–H groups in total. The van der Waals surface area contributed by atoms with Crippen molar-refractivity contribution in [2.75, 3.05) is 25.5 Å². The predicted octanol–water partition coefficient (Wildman–Crippen LogP) is 5.92. The molecule has 3 heterocycles. The lowest BCUT2D eigenvalue weighted by Gasteiger charge is -2.33. The molecule has 1 atom stereocenters. The highest BCUT2D eigenvalue weighted by atomic mass is 35.5. The van der Waals surface area contributed by atoms with Gasteiger partial charge in [0, 0.05) is 24.2 Å². The average Bonchev–Trinajstić information content (AvgIpc) is 3.41. The number of nitrogens with zero attached hydrogens (tertiary/aromatic N) is 3. The Balaban J connectivity index is 1.35. The molecule has 1 aliphatic rings. The van der Waals surface area contributed by atoms with Crippen LogP contribution in [0.4, 0.5) is 16.0 Å². The number of halogens is 2. The van der Waals surface area contributed by atoms with E-state index in [1.807, 2.05) is 28.5 Å². The second-order valence-corrected chi connectivity index (χ2v) is 9.45. The molecule has 2 aromatic heterocycles. The van der Waals surface area contributed by atoms with E-state index in [-0.39, 0.29) is 28.7 Å². The molecule has 0 unspecified atom stereocenters. The summed E-state index contributed by atoms with van der Waals surface area (Å²) in [5.41, 5.74) is 0.787. The molecule has 180 valence electrons. The molecule has 0 saturated carbocycles. The SMILES string of the molecule is COc1cc2nc(Nc3cccc(Cl)c3F)ncc2cc1O[C@@H]1CCCN(C(=O)c2cccs2)C1. The summed E-state index contributed by atoms with van der Waals surface area (Å²) in [7, 11) is 1.56. The van der Waals surface area contributed by atoms with Crippen molar-refractivity contribution in [3.63, 3.8) is 0 Å². The summed E-state index contributed by atoms with van der Waals surface area (Å²) in [5.74, 6) is 0.754. The Bertz CT molecular complexity index is 1370. The van der Waals surface area contributed by atoms with E-state index in [9.17, 15) is 9.18 Å². The van der Waals surface area contributed by atoms with Crippen LogP contribution >= 0.6 is 22.9 Å². The highest BCUT2D eigenvalue weighted by molar-refractivity contribution is 7.12. The first-order valence-corrected chi connectivity index (χ1v) is 12.3. The summed E-state index contributed by atoms with van der Waals surface area (Å²) in [6.45, 7) is 1.21. The molecule has 0 radical (unpaired) electrons. The lowest BCUT2D eigenvalue weighted by molar-refractivity contribution is 0.0537. The number of piperidine rings is 1. The Morgan fingerprint density at radius 2 is 2.14 bits per heavy atom. The van der Waals surface area contributed by atoms with Crippen LogP contribution in [0.1, 0.15) is 22.5 Å². The number of thiophene rings is 1. The molecule has 0 spiro atoms. The summed E-state index contributed by atoms with van der Waals surface area (Å²) >= 11 is 7.30. The maximum Gasteiger partial charge on any atom is 0.264 e. The third-order valence-electron chi connectivity index (χ3n) is 5.75. The van der Waals surface area contributed by atoms with Crippen LogP contribution < -0.4 is 14.8 Å². The number of benzene rings is 2. The van der Waals surface area contributed by atoms with Gasteiger partial charge in [-0.25, -0.2) is 14.4 Å². The van der Waals surface area contributed by atoms with Crippen molar-refractivity contribution in [1.29, 1.82) is 0 Å². The van der Waals surface area contributed by atoms with Crippen molar-refractivity contribution >= 4 is 51.4 Å². The van der Waals surface area contributed by atoms with E-state index in [0.29, 0.717) is 30.1 Å². The molecular formula is C25H22ClFN4O3S. The fourth-order valence-electron chi connectivity index (χ4n) is 4.03. The second-order valence-electron chi connectivity index (χ2n) is 8.09. The van der Waals surface area contributed by atoms with E-state index < -0.39 is 5.82 Å². The summed E-state index contributed by atoms with van der Waals surface area (Å²) in [6.07, 6.45) is 3.16. The lowest BCUT2D eigenvalue weighted by atomic mass is 10.1. The summed E-state index contributed by atoms with van der Waals surface area (Å²) in [5, 5.41) is 5.51. The van der Waals surface area contributed by atoms with E-state index in [1.165, 1.54) is 17.4 Å². The van der Waals surface area contributed by atoms with E-state index in [4.69, 9.17) is 21.1 Å². The average molecular weight is 513 g/mol. The molecule has 5 rings (SSSR count). The summed E-state index contributed by atoms with van der Waals surface area (Å²) in [6, 6.07) is 12.0. The van der Waals surface area contributed by atoms with Crippen LogP contribution in [0.5, 0.6) is 11.5 Å². The molecule has 1 fully saturated rings. The van der Waals surface area contributed by atoms with Gasteiger partial charge in [-0.15, -0.1) is 11.3 Å². The first-order chi connectivity index (χ1) is 17.0. The van der Waals surface area contributed by atoms with Gasteiger partial charge in [0.15, 0.2) is 17.3 Å². The molecule has 1 aliphatic heterocycles. The number of rotatable bonds is 6. The van der Waals surface area contributed by atoms with Crippen molar-refractivity contribution in [2.24, 2.45) is 0 Å². The van der Waals surface area contributed by atoms with Gasteiger partial charge in [-0.2, -0.15) is 0 Å².